The lowest BCUT2D eigenvalue weighted by Crippen LogP contribution is -2.08. The summed E-state index contributed by atoms with van der Waals surface area (Å²) in [6.07, 6.45) is 4.77. The van der Waals surface area contributed by atoms with Crippen molar-refractivity contribution in [1.29, 1.82) is 0 Å². The van der Waals surface area contributed by atoms with Crippen LogP contribution in [-0.4, -0.2) is 19.9 Å². The second kappa shape index (κ2) is 5.36. The van der Waals surface area contributed by atoms with Gasteiger partial charge in [0.15, 0.2) is 5.78 Å². The number of furan rings is 1. The fraction of sp³-hybridized carbons (Fsp3) is 0.133. The normalized spacial score (nSPS) is 10.8. The van der Waals surface area contributed by atoms with Crippen LogP contribution in [0.1, 0.15) is 16.1 Å². The molecule has 1 heterocycles. The monoisotopic (exact) mass is 241 g/mol. The molecule has 0 aliphatic rings. The summed E-state index contributed by atoms with van der Waals surface area (Å²) >= 11 is 0. The van der Waals surface area contributed by atoms with Crippen molar-refractivity contribution < 1.29 is 9.21 Å². The van der Waals surface area contributed by atoms with E-state index in [0.717, 1.165) is 5.69 Å². The lowest BCUT2D eigenvalue weighted by molar-refractivity contribution is 0.104. The number of anilines is 1. The van der Waals surface area contributed by atoms with Crippen LogP contribution < -0.4 is 4.90 Å². The van der Waals surface area contributed by atoms with Crippen molar-refractivity contribution in [3.05, 3.63) is 60.1 Å². The first-order chi connectivity index (χ1) is 8.66. The van der Waals surface area contributed by atoms with E-state index in [0.29, 0.717) is 11.3 Å². The highest BCUT2D eigenvalue weighted by Crippen LogP contribution is 2.13. The Hall–Kier alpha value is -2.29. The third-order valence-electron chi connectivity index (χ3n) is 2.61. The molecule has 0 N–H and O–H groups in total. The first-order valence-corrected chi connectivity index (χ1v) is 5.70. The lowest BCUT2D eigenvalue weighted by atomic mass is 10.1. The summed E-state index contributed by atoms with van der Waals surface area (Å²) < 4.78 is 5.12. The molecule has 2 aromatic rings. The minimum atomic E-state index is -0.0308. The van der Waals surface area contributed by atoms with Gasteiger partial charge in [-0.1, -0.05) is 0 Å². The summed E-state index contributed by atoms with van der Waals surface area (Å²) in [5, 5.41) is 0. The molecule has 0 saturated heterocycles. The van der Waals surface area contributed by atoms with Crippen LogP contribution in [0.3, 0.4) is 0 Å². The number of rotatable bonds is 4. The van der Waals surface area contributed by atoms with Crippen LogP contribution in [-0.2, 0) is 0 Å². The number of allylic oxidation sites excluding steroid dienone is 1. The average molecular weight is 241 g/mol. The van der Waals surface area contributed by atoms with Gasteiger partial charge in [-0.25, -0.2) is 0 Å². The average Bonchev–Trinajstić information content (AvgIpc) is 2.89. The molecule has 0 atom stereocenters. The zero-order chi connectivity index (χ0) is 13.0. The Morgan fingerprint density at radius 3 is 2.44 bits per heavy atom. The highest BCUT2D eigenvalue weighted by atomic mass is 16.3. The summed E-state index contributed by atoms with van der Waals surface area (Å²) in [5.74, 6) is 0.643. The topological polar surface area (TPSA) is 33.5 Å². The Kier molecular flexibility index (Phi) is 3.63. The van der Waals surface area contributed by atoms with Gasteiger partial charge in [0.05, 0.1) is 6.26 Å². The van der Waals surface area contributed by atoms with Gasteiger partial charge in [0.1, 0.15) is 5.76 Å². The summed E-state index contributed by atoms with van der Waals surface area (Å²) in [6, 6.07) is 11.1. The second-order valence-electron chi connectivity index (χ2n) is 4.15. The van der Waals surface area contributed by atoms with Gasteiger partial charge in [-0.15, -0.1) is 0 Å². The van der Waals surface area contributed by atoms with E-state index in [9.17, 15) is 4.79 Å². The van der Waals surface area contributed by atoms with Crippen molar-refractivity contribution >= 4 is 17.5 Å². The fourth-order valence-corrected chi connectivity index (χ4v) is 1.56. The molecule has 3 heteroatoms. The molecule has 92 valence electrons. The molecule has 0 radical (unpaired) electrons. The lowest BCUT2D eigenvalue weighted by Gasteiger charge is -2.11. The number of ketones is 1. The third-order valence-corrected chi connectivity index (χ3v) is 2.61. The number of benzene rings is 1. The Balaban J connectivity index is 2.09. The maximum absolute atomic E-state index is 11.9. The molecule has 0 aliphatic heterocycles. The molecule has 0 spiro atoms. The van der Waals surface area contributed by atoms with Crippen LogP contribution in [0.15, 0.2) is 53.2 Å². The number of carbonyl (C=O) groups is 1. The smallest absolute Gasteiger partial charge is 0.185 e. The van der Waals surface area contributed by atoms with Crippen LogP contribution in [0, 0.1) is 0 Å². The number of nitrogens with zero attached hydrogens (tertiary/aromatic N) is 1. The van der Waals surface area contributed by atoms with Crippen LogP contribution in [0.2, 0.25) is 0 Å². The third kappa shape index (κ3) is 2.88. The van der Waals surface area contributed by atoms with Gasteiger partial charge in [-0.2, -0.15) is 0 Å². The predicted octanol–water partition coefficient (Wildman–Crippen LogP) is 3.24. The maximum Gasteiger partial charge on any atom is 0.185 e. The molecule has 0 aliphatic carbocycles. The molecule has 3 nitrogen and oxygen atoms in total. The fourth-order valence-electron chi connectivity index (χ4n) is 1.56. The van der Waals surface area contributed by atoms with Gasteiger partial charge in [-0.3, -0.25) is 4.79 Å². The van der Waals surface area contributed by atoms with Gasteiger partial charge in [0.2, 0.25) is 0 Å². The minimum absolute atomic E-state index is 0.0308. The molecule has 0 fully saturated rings. The van der Waals surface area contributed by atoms with Gasteiger partial charge in [0, 0.05) is 25.3 Å². The second-order valence-corrected chi connectivity index (χ2v) is 4.15. The van der Waals surface area contributed by atoms with E-state index in [-0.39, 0.29) is 5.78 Å². The summed E-state index contributed by atoms with van der Waals surface area (Å²) in [7, 11) is 3.93. The van der Waals surface area contributed by atoms with Crippen LogP contribution in [0.25, 0.3) is 6.08 Å². The Labute approximate surface area is 106 Å². The SMILES string of the molecule is CN(C)c1ccc(C(=O)C=Cc2ccco2)cc1. The molecule has 2 rings (SSSR count). The van der Waals surface area contributed by atoms with E-state index < -0.39 is 0 Å². The Morgan fingerprint density at radius 2 is 1.89 bits per heavy atom. The molecule has 0 saturated carbocycles. The van der Waals surface area contributed by atoms with Gasteiger partial charge in [0.25, 0.3) is 0 Å². The standard InChI is InChI=1S/C15H15NO2/c1-16(2)13-7-5-12(6-8-13)15(17)10-9-14-4-3-11-18-14/h3-11H,1-2H3. The predicted molar refractivity (Wildman–Crippen MR) is 72.8 cm³/mol. The molecular formula is C15H15NO2. The molecule has 0 bridgehead atoms. The Morgan fingerprint density at radius 1 is 1.17 bits per heavy atom. The zero-order valence-corrected chi connectivity index (χ0v) is 10.5. The number of hydrogen-bond donors (Lipinski definition) is 0. The van der Waals surface area contributed by atoms with Gasteiger partial charge in [-0.05, 0) is 48.6 Å². The highest BCUT2D eigenvalue weighted by molar-refractivity contribution is 6.06. The van der Waals surface area contributed by atoms with E-state index in [4.69, 9.17) is 4.42 Å². The van der Waals surface area contributed by atoms with E-state index >= 15 is 0 Å². The first-order valence-electron chi connectivity index (χ1n) is 5.70. The van der Waals surface area contributed by atoms with E-state index in [1.165, 1.54) is 6.08 Å². The van der Waals surface area contributed by atoms with Crippen LogP contribution >= 0.6 is 0 Å². The van der Waals surface area contributed by atoms with Gasteiger partial charge >= 0.3 is 0 Å². The zero-order valence-electron chi connectivity index (χ0n) is 10.5. The Bertz CT molecular complexity index is 536. The molecule has 1 aromatic heterocycles. The quantitative estimate of drug-likeness (QED) is 0.608. The molecule has 1 aromatic carbocycles. The first kappa shape index (κ1) is 12.2. The highest BCUT2D eigenvalue weighted by Gasteiger charge is 2.02. The van der Waals surface area contributed by atoms with Crippen molar-refractivity contribution in [3.8, 4) is 0 Å². The van der Waals surface area contributed by atoms with Crippen molar-refractivity contribution in [1.82, 2.24) is 0 Å². The summed E-state index contributed by atoms with van der Waals surface area (Å²) in [4.78, 5) is 13.9. The molecule has 0 amide bonds. The molecular weight excluding hydrogens is 226 g/mol. The summed E-state index contributed by atoms with van der Waals surface area (Å²) in [6.45, 7) is 0. The minimum Gasteiger partial charge on any atom is -0.465 e. The number of hydrogen-bond acceptors (Lipinski definition) is 3. The number of carbonyl (C=O) groups excluding carboxylic acids is 1. The largest absolute Gasteiger partial charge is 0.465 e. The van der Waals surface area contributed by atoms with Crippen molar-refractivity contribution in [2.75, 3.05) is 19.0 Å². The van der Waals surface area contributed by atoms with Gasteiger partial charge < -0.3 is 9.32 Å². The summed E-state index contributed by atoms with van der Waals surface area (Å²) in [5.41, 5.74) is 1.74. The van der Waals surface area contributed by atoms with E-state index in [2.05, 4.69) is 0 Å². The molecule has 0 unspecified atom stereocenters. The van der Waals surface area contributed by atoms with E-state index in [1.54, 1.807) is 24.5 Å². The van der Waals surface area contributed by atoms with Crippen LogP contribution in [0.4, 0.5) is 5.69 Å². The van der Waals surface area contributed by atoms with Crippen LogP contribution in [0.5, 0.6) is 0 Å². The maximum atomic E-state index is 11.9. The van der Waals surface area contributed by atoms with Crippen molar-refractivity contribution in [2.24, 2.45) is 0 Å². The van der Waals surface area contributed by atoms with Crippen molar-refractivity contribution in [2.45, 2.75) is 0 Å². The molecule has 18 heavy (non-hydrogen) atoms. The van der Waals surface area contributed by atoms with Crippen molar-refractivity contribution in [3.63, 3.8) is 0 Å². The van der Waals surface area contributed by atoms with E-state index in [1.807, 2.05) is 43.3 Å².